The van der Waals surface area contributed by atoms with Gasteiger partial charge in [-0.15, -0.1) is 0 Å². The Morgan fingerprint density at radius 3 is 2.67 bits per heavy atom. The molecule has 0 atom stereocenters. The van der Waals surface area contributed by atoms with Gasteiger partial charge in [-0.2, -0.15) is 4.31 Å². The minimum atomic E-state index is -3.50. The van der Waals surface area contributed by atoms with E-state index < -0.39 is 10.0 Å². The third-order valence-electron chi connectivity index (χ3n) is 3.43. The van der Waals surface area contributed by atoms with Crippen molar-refractivity contribution >= 4 is 26.0 Å². The Labute approximate surface area is 134 Å². The van der Waals surface area contributed by atoms with Crippen LogP contribution in [0.4, 0.5) is 0 Å². The molecule has 0 spiro atoms. The van der Waals surface area contributed by atoms with Crippen molar-refractivity contribution in [2.24, 2.45) is 5.92 Å². The van der Waals surface area contributed by atoms with Gasteiger partial charge in [0.2, 0.25) is 10.0 Å². The molecule has 0 unspecified atom stereocenters. The van der Waals surface area contributed by atoms with E-state index in [2.05, 4.69) is 15.9 Å². The van der Waals surface area contributed by atoms with Gasteiger partial charge in [0.15, 0.2) is 0 Å². The summed E-state index contributed by atoms with van der Waals surface area (Å²) in [6, 6.07) is 4.73. The summed E-state index contributed by atoms with van der Waals surface area (Å²) >= 11 is 3.30. The SMILES string of the molecule is COc1ccc(S(=O)(=O)N(C)CCOCC2CC2)cc1Br. The van der Waals surface area contributed by atoms with E-state index in [1.807, 2.05) is 0 Å². The maximum atomic E-state index is 12.4. The molecule has 0 heterocycles. The van der Waals surface area contributed by atoms with E-state index in [1.165, 1.54) is 24.3 Å². The van der Waals surface area contributed by atoms with Crippen LogP contribution in [0.2, 0.25) is 0 Å². The van der Waals surface area contributed by atoms with Crippen LogP contribution in [0.15, 0.2) is 27.6 Å². The van der Waals surface area contributed by atoms with Gasteiger partial charge >= 0.3 is 0 Å². The monoisotopic (exact) mass is 377 g/mol. The van der Waals surface area contributed by atoms with Crippen LogP contribution >= 0.6 is 15.9 Å². The highest BCUT2D eigenvalue weighted by Crippen LogP contribution is 2.29. The van der Waals surface area contributed by atoms with Crippen LogP contribution in [0, 0.1) is 5.92 Å². The molecule has 1 aliphatic carbocycles. The van der Waals surface area contributed by atoms with Gasteiger partial charge in [-0.3, -0.25) is 0 Å². The predicted octanol–water partition coefficient (Wildman–Crippen LogP) is 2.50. The van der Waals surface area contributed by atoms with Crippen molar-refractivity contribution in [3.05, 3.63) is 22.7 Å². The number of likely N-dealkylation sites (N-methyl/N-ethyl adjacent to an activating group) is 1. The number of halogens is 1. The van der Waals surface area contributed by atoms with Crippen LogP contribution in [0.3, 0.4) is 0 Å². The van der Waals surface area contributed by atoms with Crippen LogP contribution < -0.4 is 4.74 Å². The van der Waals surface area contributed by atoms with Gasteiger partial charge in [0.1, 0.15) is 5.75 Å². The maximum absolute atomic E-state index is 12.4. The van der Waals surface area contributed by atoms with Crippen molar-refractivity contribution in [1.29, 1.82) is 0 Å². The first-order chi connectivity index (χ1) is 9.95. The number of hydrogen-bond donors (Lipinski definition) is 0. The maximum Gasteiger partial charge on any atom is 0.242 e. The number of nitrogens with zero attached hydrogens (tertiary/aromatic N) is 1. The van der Waals surface area contributed by atoms with Crippen LogP contribution in [0.5, 0.6) is 5.75 Å². The lowest BCUT2D eigenvalue weighted by molar-refractivity contribution is 0.117. The van der Waals surface area contributed by atoms with E-state index >= 15 is 0 Å². The highest BCUT2D eigenvalue weighted by atomic mass is 79.9. The van der Waals surface area contributed by atoms with Gasteiger partial charge in [0, 0.05) is 20.2 Å². The second-order valence-corrected chi connectivity index (χ2v) is 8.04. The van der Waals surface area contributed by atoms with E-state index in [4.69, 9.17) is 9.47 Å². The second kappa shape index (κ2) is 7.09. The van der Waals surface area contributed by atoms with Crippen LogP contribution in [-0.4, -0.2) is 46.6 Å². The Kier molecular flexibility index (Phi) is 5.65. The van der Waals surface area contributed by atoms with Crippen molar-refractivity contribution < 1.29 is 17.9 Å². The molecule has 0 N–H and O–H groups in total. The summed E-state index contributed by atoms with van der Waals surface area (Å²) in [5.41, 5.74) is 0. The number of hydrogen-bond acceptors (Lipinski definition) is 4. The second-order valence-electron chi connectivity index (χ2n) is 5.14. The van der Waals surface area contributed by atoms with Crippen molar-refractivity contribution in [3.8, 4) is 5.75 Å². The third-order valence-corrected chi connectivity index (χ3v) is 5.91. The zero-order chi connectivity index (χ0) is 15.5. The van der Waals surface area contributed by atoms with Gasteiger partial charge in [0.25, 0.3) is 0 Å². The number of benzene rings is 1. The van der Waals surface area contributed by atoms with E-state index in [0.717, 1.165) is 6.61 Å². The largest absolute Gasteiger partial charge is 0.496 e. The zero-order valence-electron chi connectivity index (χ0n) is 12.2. The van der Waals surface area contributed by atoms with E-state index in [1.54, 1.807) is 25.2 Å². The molecule has 0 aliphatic heterocycles. The summed E-state index contributed by atoms with van der Waals surface area (Å²) in [6.45, 7) is 1.50. The Morgan fingerprint density at radius 1 is 1.38 bits per heavy atom. The first-order valence-electron chi connectivity index (χ1n) is 6.82. The summed E-state index contributed by atoms with van der Waals surface area (Å²) in [4.78, 5) is 0.236. The molecular weight excluding hydrogens is 358 g/mol. The number of ether oxygens (including phenoxy) is 2. The van der Waals surface area contributed by atoms with Gasteiger partial charge in [-0.25, -0.2) is 8.42 Å². The standard InChI is InChI=1S/C14H20BrNO4S/c1-16(7-8-20-10-11-3-4-11)21(17,18)12-5-6-14(19-2)13(15)9-12/h5-6,9,11H,3-4,7-8,10H2,1-2H3. The van der Waals surface area contributed by atoms with Gasteiger partial charge in [-0.1, -0.05) is 0 Å². The highest BCUT2D eigenvalue weighted by Gasteiger charge is 2.23. The molecule has 2 rings (SSSR count). The van der Waals surface area contributed by atoms with Crippen molar-refractivity contribution in [3.63, 3.8) is 0 Å². The van der Waals surface area contributed by atoms with E-state index in [-0.39, 0.29) is 4.90 Å². The summed E-state index contributed by atoms with van der Waals surface area (Å²) in [5.74, 6) is 1.29. The third kappa shape index (κ3) is 4.42. The molecule has 1 saturated carbocycles. The molecule has 0 aromatic heterocycles. The summed E-state index contributed by atoms with van der Waals surface area (Å²) in [7, 11) is -0.401. The average molecular weight is 378 g/mol. The van der Waals surface area contributed by atoms with Crippen molar-refractivity contribution in [1.82, 2.24) is 4.31 Å². The minimum absolute atomic E-state index is 0.236. The quantitative estimate of drug-likeness (QED) is 0.653. The van der Waals surface area contributed by atoms with Crippen molar-refractivity contribution in [2.75, 3.05) is 33.9 Å². The average Bonchev–Trinajstić information content (AvgIpc) is 3.27. The first-order valence-corrected chi connectivity index (χ1v) is 9.06. The molecule has 5 nitrogen and oxygen atoms in total. The van der Waals surface area contributed by atoms with Gasteiger partial charge in [-0.05, 0) is 52.9 Å². The van der Waals surface area contributed by atoms with Gasteiger partial charge in [0.05, 0.1) is 23.1 Å². The summed E-state index contributed by atoms with van der Waals surface area (Å²) in [6.07, 6.45) is 2.46. The lowest BCUT2D eigenvalue weighted by atomic mass is 10.3. The normalized spacial score (nSPS) is 15.4. The highest BCUT2D eigenvalue weighted by molar-refractivity contribution is 9.10. The molecule has 0 amide bonds. The Hall–Kier alpha value is -0.630. The lowest BCUT2D eigenvalue weighted by Gasteiger charge is -2.17. The van der Waals surface area contributed by atoms with E-state index in [0.29, 0.717) is 29.3 Å². The lowest BCUT2D eigenvalue weighted by Crippen LogP contribution is -2.30. The van der Waals surface area contributed by atoms with Gasteiger partial charge < -0.3 is 9.47 Å². The van der Waals surface area contributed by atoms with E-state index in [9.17, 15) is 8.42 Å². The fourth-order valence-corrected chi connectivity index (χ4v) is 3.71. The Morgan fingerprint density at radius 2 is 2.10 bits per heavy atom. The van der Waals surface area contributed by atoms with Crippen LogP contribution in [0.1, 0.15) is 12.8 Å². The summed E-state index contributed by atoms with van der Waals surface area (Å²) in [5, 5.41) is 0. The van der Waals surface area contributed by atoms with Crippen LogP contribution in [0.25, 0.3) is 0 Å². The molecule has 1 fully saturated rings. The predicted molar refractivity (Wildman–Crippen MR) is 84.1 cm³/mol. The molecule has 118 valence electrons. The molecule has 1 aliphatic rings. The molecule has 0 saturated heterocycles. The topological polar surface area (TPSA) is 55.8 Å². The number of sulfonamides is 1. The Balaban J connectivity index is 1.96. The fourth-order valence-electron chi connectivity index (χ4n) is 1.84. The zero-order valence-corrected chi connectivity index (χ0v) is 14.6. The first kappa shape index (κ1) is 16.7. The number of rotatable bonds is 8. The van der Waals surface area contributed by atoms with Crippen LogP contribution in [-0.2, 0) is 14.8 Å². The molecule has 21 heavy (non-hydrogen) atoms. The smallest absolute Gasteiger partial charge is 0.242 e. The fraction of sp³-hybridized carbons (Fsp3) is 0.571. The molecule has 1 aromatic rings. The molecule has 0 bridgehead atoms. The molecule has 1 aromatic carbocycles. The number of methoxy groups -OCH3 is 1. The minimum Gasteiger partial charge on any atom is -0.496 e. The molecule has 7 heteroatoms. The molecular formula is C14H20BrNO4S. The summed E-state index contributed by atoms with van der Waals surface area (Å²) < 4.78 is 37.4. The molecule has 0 radical (unpaired) electrons. The van der Waals surface area contributed by atoms with Crippen molar-refractivity contribution in [2.45, 2.75) is 17.7 Å². The Bertz CT molecular complexity index is 587.